The average Bonchev–Trinajstić information content (AvgIpc) is 3.31. The third-order valence-electron chi connectivity index (χ3n) is 7.75. The number of pyridine rings is 2. The maximum Gasteiger partial charge on any atom is 0.162 e. The lowest BCUT2D eigenvalue weighted by molar-refractivity contribution is 0.201. The molecular formula is C29H29Cl2N7O2. The van der Waals surface area contributed by atoms with Crippen LogP contribution >= 0.6 is 23.2 Å². The SMILES string of the molecule is COc1cc2[nH]nc(-c3cnc(N4CC(C)(NC5CCC5)C4)c(C#N)c3)c2cc1O[C@H](C)c1c(Cl)cncc1Cl. The summed E-state index contributed by atoms with van der Waals surface area (Å²) in [5, 5.41) is 23.0. The third kappa shape index (κ3) is 4.81. The number of rotatable bonds is 8. The van der Waals surface area contributed by atoms with Gasteiger partial charge in [-0.1, -0.05) is 29.6 Å². The fraction of sp³-hybridized carbons (Fsp3) is 0.379. The van der Waals surface area contributed by atoms with E-state index in [4.69, 9.17) is 37.7 Å². The average molecular weight is 579 g/mol. The summed E-state index contributed by atoms with van der Waals surface area (Å²) in [6, 6.07) is 8.47. The van der Waals surface area contributed by atoms with Crippen molar-refractivity contribution in [3.05, 3.63) is 58.0 Å². The van der Waals surface area contributed by atoms with Crippen LogP contribution in [0, 0.1) is 11.3 Å². The van der Waals surface area contributed by atoms with Gasteiger partial charge >= 0.3 is 0 Å². The Labute approximate surface area is 242 Å². The second-order valence-electron chi connectivity index (χ2n) is 10.8. The summed E-state index contributed by atoms with van der Waals surface area (Å²) in [4.78, 5) is 10.9. The Balaban J connectivity index is 1.29. The van der Waals surface area contributed by atoms with E-state index in [-0.39, 0.29) is 5.54 Å². The summed E-state index contributed by atoms with van der Waals surface area (Å²) < 4.78 is 11.9. The lowest BCUT2D eigenvalue weighted by atomic mass is 9.85. The molecule has 1 aliphatic carbocycles. The highest BCUT2D eigenvalue weighted by Crippen LogP contribution is 2.40. The van der Waals surface area contributed by atoms with E-state index < -0.39 is 6.10 Å². The number of ether oxygens (including phenoxy) is 2. The molecule has 0 bridgehead atoms. The molecule has 2 fully saturated rings. The summed E-state index contributed by atoms with van der Waals surface area (Å²) in [5.74, 6) is 1.72. The van der Waals surface area contributed by atoms with Crippen LogP contribution in [0.1, 0.15) is 50.3 Å². The molecule has 1 aromatic carbocycles. The molecule has 0 unspecified atom stereocenters. The van der Waals surface area contributed by atoms with Crippen LogP contribution in [0.25, 0.3) is 22.2 Å². The molecule has 2 N–H and O–H groups in total. The zero-order valence-electron chi connectivity index (χ0n) is 22.5. The van der Waals surface area contributed by atoms with Crippen LogP contribution in [0.2, 0.25) is 10.0 Å². The first-order chi connectivity index (χ1) is 19.3. The highest BCUT2D eigenvalue weighted by atomic mass is 35.5. The Morgan fingerprint density at radius 2 is 1.90 bits per heavy atom. The lowest BCUT2D eigenvalue weighted by Crippen LogP contribution is -2.70. The van der Waals surface area contributed by atoms with Crippen molar-refractivity contribution in [1.82, 2.24) is 25.5 Å². The van der Waals surface area contributed by atoms with Crippen LogP contribution < -0.4 is 19.7 Å². The quantitative estimate of drug-likeness (QED) is 0.259. The molecule has 4 heterocycles. The van der Waals surface area contributed by atoms with Crippen molar-refractivity contribution in [2.45, 2.75) is 50.8 Å². The predicted octanol–water partition coefficient (Wildman–Crippen LogP) is 6.07. The van der Waals surface area contributed by atoms with Crippen LogP contribution in [0.4, 0.5) is 5.82 Å². The van der Waals surface area contributed by atoms with Crippen molar-refractivity contribution >= 4 is 39.9 Å². The standard InChI is InChI=1S/C29H29Cl2N7O2/c1-16(26-21(30)12-33-13-22(26)31)40-25-8-20-23(9-24(25)39-3)36-37-27(20)18-7-17(10-32)28(34-11-18)38-14-29(2,15-38)35-19-5-4-6-19/h7-9,11-13,16,19,35H,4-6,14-15H2,1-3H3,(H,36,37)/t16-/m1/s1. The molecule has 0 spiro atoms. The van der Waals surface area contributed by atoms with E-state index in [1.165, 1.54) is 31.7 Å². The molecule has 4 aromatic rings. The van der Waals surface area contributed by atoms with Crippen molar-refractivity contribution in [3.8, 4) is 28.8 Å². The molecule has 9 nitrogen and oxygen atoms in total. The molecule has 1 saturated carbocycles. The van der Waals surface area contributed by atoms with E-state index in [0.29, 0.717) is 50.2 Å². The second kappa shape index (κ2) is 10.4. The van der Waals surface area contributed by atoms with E-state index in [0.717, 1.165) is 29.6 Å². The number of aromatic nitrogens is 4. The number of fused-ring (bicyclic) bond motifs is 1. The van der Waals surface area contributed by atoms with Gasteiger partial charge in [0.2, 0.25) is 0 Å². The van der Waals surface area contributed by atoms with Crippen molar-refractivity contribution in [3.63, 3.8) is 0 Å². The number of methoxy groups -OCH3 is 1. The van der Waals surface area contributed by atoms with E-state index in [1.807, 2.05) is 25.1 Å². The van der Waals surface area contributed by atoms with Crippen LogP contribution in [-0.4, -0.2) is 51.9 Å². The molecule has 206 valence electrons. The molecule has 11 heteroatoms. The number of nitrogens with zero attached hydrogens (tertiary/aromatic N) is 5. The van der Waals surface area contributed by atoms with Crippen molar-refractivity contribution < 1.29 is 9.47 Å². The van der Waals surface area contributed by atoms with Gasteiger partial charge in [0.05, 0.1) is 33.8 Å². The summed E-state index contributed by atoms with van der Waals surface area (Å²) in [7, 11) is 1.58. The first kappa shape index (κ1) is 26.6. The minimum atomic E-state index is -0.475. The topological polar surface area (TPSA) is 112 Å². The number of nitrogens with one attached hydrogen (secondary N) is 2. The number of halogens is 2. The molecule has 0 radical (unpaired) electrons. The fourth-order valence-corrected chi connectivity index (χ4v) is 6.23. The number of aromatic amines is 1. The van der Waals surface area contributed by atoms with E-state index in [1.54, 1.807) is 13.3 Å². The number of anilines is 1. The van der Waals surface area contributed by atoms with Gasteiger partial charge < -0.3 is 19.7 Å². The highest BCUT2D eigenvalue weighted by molar-refractivity contribution is 6.35. The molecular weight excluding hydrogens is 549 g/mol. The number of nitriles is 1. The highest BCUT2D eigenvalue weighted by Gasteiger charge is 2.42. The van der Waals surface area contributed by atoms with Gasteiger partial charge in [0, 0.05) is 60.3 Å². The zero-order valence-corrected chi connectivity index (χ0v) is 24.0. The van der Waals surface area contributed by atoms with Gasteiger partial charge in [-0.15, -0.1) is 0 Å². The second-order valence-corrected chi connectivity index (χ2v) is 11.6. The summed E-state index contributed by atoms with van der Waals surface area (Å²) >= 11 is 12.7. The van der Waals surface area contributed by atoms with Gasteiger partial charge in [0.15, 0.2) is 11.5 Å². The number of benzene rings is 1. The summed E-state index contributed by atoms with van der Waals surface area (Å²) in [6.07, 6.45) is 8.15. The van der Waals surface area contributed by atoms with Gasteiger partial charge in [-0.3, -0.25) is 10.1 Å². The van der Waals surface area contributed by atoms with E-state index >= 15 is 0 Å². The first-order valence-corrected chi connectivity index (χ1v) is 14.0. The molecule has 2 aliphatic rings. The molecule has 40 heavy (non-hydrogen) atoms. The number of hydrogen-bond acceptors (Lipinski definition) is 8. The molecule has 6 rings (SSSR count). The number of hydrogen-bond donors (Lipinski definition) is 2. The van der Waals surface area contributed by atoms with Crippen LogP contribution in [0.3, 0.4) is 0 Å². The summed E-state index contributed by atoms with van der Waals surface area (Å²) in [6.45, 7) is 5.74. The van der Waals surface area contributed by atoms with Gasteiger partial charge in [-0.25, -0.2) is 4.98 Å². The third-order valence-corrected chi connectivity index (χ3v) is 8.35. The predicted molar refractivity (Wildman–Crippen MR) is 155 cm³/mol. The van der Waals surface area contributed by atoms with Gasteiger partial charge in [0.1, 0.15) is 23.7 Å². The van der Waals surface area contributed by atoms with Gasteiger partial charge in [-0.2, -0.15) is 10.4 Å². The maximum atomic E-state index is 9.99. The van der Waals surface area contributed by atoms with Crippen molar-refractivity contribution in [2.24, 2.45) is 0 Å². The molecule has 1 saturated heterocycles. The normalized spacial score (nSPS) is 17.1. The Morgan fingerprint density at radius 3 is 2.55 bits per heavy atom. The largest absolute Gasteiger partial charge is 0.493 e. The van der Waals surface area contributed by atoms with E-state index in [9.17, 15) is 5.26 Å². The Morgan fingerprint density at radius 1 is 1.15 bits per heavy atom. The van der Waals surface area contributed by atoms with Crippen molar-refractivity contribution in [1.29, 1.82) is 5.26 Å². The Bertz CT molecular complexity index is 1600. The van der Waals surface area contributed by atoms with Crippen LogP contribution in [-0.2, 0) is 0 Å². The maximum absolute atomic E-state index is 9.99. The van der Waals surface area contributed by atoms with Crippen LogP contribution in [0.5, 0.6) is 11.5 Å². The summed E-state index contributed by atoms with van der Waals surface area (Å²) in [5.41, 5.74) is 3.34. The van der Waals surface area contributed by atoms with Crippen LogP contribution in [0.15, 0.2) is 36.8 Å². The molecule has 1 aliphatic heterocycles. The molecule has 1 atom stereocenters. The van der Waals surface area contributed by atoms with E-state index in [2.05, 4.69) is 38.4 Å². The fourth-order valence-electron chi connectivity index (χ4n) is 5.56. The molecule has 3 aromatic heterocycles. The van der Waals surface area contributed by atoms with Crippen molar-refractivity contribution in [2.75, 3.05) is 25.1 Å². The minimum Gasteiger partial charge on any atom is -0.493 e. The molecule has 0 amide bonds. The van der Waals surface area contributed by atoms with Gasteiger partial charge in [-0.05, 0) is 38.8 Å². The number of H-pyrrole nitrogens is 1. The monoisotopic (exact) mass is 577 g/mol. The smallest absolute Gasteiger partial charge is 0.162 e. The Hall–Kier alpha value is -3.58. The Kier molecular flexibility index (Phi) is 6.95. The zero-order chi connectivity index (χ0) is 28.0. The lowest BCUT2D eigenvalue weighted by Gasteiger charge is -2.52. The first-order valence-electron chi connectivity index (χ1n) is 13.2. The minimum absolute atomic E-state index is 0.0495. The van der Waals surface area contributed by atoms with Gasteiger partial charge in [0.25, 0.3) is 0 Å².